The van der Waals surface area contributed by atoms with Gasteiger partial charge in [-0.15, -0.1) is 0 Å². The number of nitrogens with zero attached hydrogens (tertiary/aromatic N) is 3. The number of aromatic amines is 1. The first-order valence-electron chi connectivity index (χ1n) is 9.39. The Morgan fingerprint density at radius 2 is 1.97 bits per heavy atom. The highest BCUT2D eigenvalue weighted by Gasteiger charge is 2.34. The molecule has 2 heterocycles. The predicted molar refractivity (Wildman–Crippen MR) is 107 cm³/mol. The van der Waals surface area contributed by atoms with Gasteiger partial charge in [-0.1, -0.05) is 26.2 Å². The first-order chi connectivity index (χ1) is 13.8. The highest BCUT2D eigenvalue weighted by Crippen LogP contribution is 2.34. The second-order valence-electron chi connectivity index (χ2n) is 6.90. The van der Waals surface area contributed by atoms with Gasteiger partial charge in [0, 0.05) is 31.4 Å². The monoisotopic (exact) mass is 422 g/mol. The van der Waals surface area contributed by atoms with Crippen LogP contribution in [0.4, 0.5) is 11.4 Å². The quantitative estimate of drug-likeness (QED) is 0.391. The number of aromatic nitrogens is 2. The zero-order chi connectivity index (χ0) is 21.2. The van der Waals surface area contributed by atoms with Gasteiger partial charge in [0.2, 0.25) is 0 Å². The maximum absolute atomic E-state index is 13.1. The van der Waals surface area contributed by atoms with E-state index in [1.807, 2.05) is 0 Å². The maximum atomic E-state index is 13.1. The number of sulfonamides is 1. The van der Waals surface area contributed by atoms with Crippen LogP contribution in [-0.4, -0.2) is 29.4 Å². The summed E-state index contributed by atoms with van der Waals surface area (Å²) in [6.07, 6.45) is 4.99. The fourth-order valence-electron chi connectivity index (χ4n) is 3.39. The standard InChI is InChI=1S/C18H22N4O6S/c1-2-3-4-5-9-20-12-16(17(23)19-18(20)24)29(27,28)21-10-8-13-11-14(22(25)26)6-7-15(13)21/h6-7,11-12H,2-5,8-10H2,1H3,(H,19,23,24). The summed E-state index contributed by atoms with van der Waals surface area (Å²) in [5, 5.41) is 10.9. The largest absolute Gasteiger partial charge is 0.328 e. The van der Waals surface area contributed by atoms with Gasteiger partial charge in [-0.2, -0.15) is 0 Å². The average Bonchev–Trinajstić information content (AvgIpc) is 3.10. The zero-order valence-electron chi connectivity index (χ0n) is 16.0. The van der Waals surface area contributed by atoms with Crippen LogP contribution < -0.4 is 15.6 Å². The maximum Gasteiger partial charge on any atom is 0.328 e. The molecular weight excluding hydrogens is 400 g/mol. The second kappa shape index (κ2) is 8.19. The Kier molecular flexibility index (Phi) is 5.87. The third kappa shape index (κ3) is 4.09. The molecule has 3 rings (SSSR count). The molecule has 0 atom stereocenters. The van der Waals surface area contributed by atoms with Crippen LogP contribution >= 0.6 is 0 Å². The van der Waals surface area contributed by atoms with Crippen LogP contribution in [0.5, 0.6) is 0 Å². The smallest absolute Gasteiger partial charge is 0.299 e. The van der Waals surface area contributed by atoms with Gasteiger partial charge in [0.1, 0.15) is 0 Å². The summed E-state index contributed by atoms with van der Waals surface area (Å²) in [7, 11) is -4.23. The van der Waals surface area contributed by atoms with Gasteiger partial charge >= 0.3 is 5.69 Å². The van der Waals surface area contributed by atoms with Gasteiger partial charge in [0.25, 0.3) is 21.3 Å². The van der Waals surface area contributed by atoms with E-state index in [0.29, 0.717) is 30.6 Å². The lowest BCUT2D eigenvalue weighted by molar-refractivity contribution is -0.384. The van der Waals surface area contributed by atoms with Gasteiger partial charge < -0.3 is 0 Å². The number of nitrogens with one attached hydrogen (secondary N) is 1. The molecule has 0 unspecified atom stereocenters. The number of benzene rings is 1. The molecule has 1 N–H and O–H groups in total. The molecular formula is C18H22N4O6S. The Morgan fingerprint density at radius 1 is 1.21 bits per heavy atom. The van der Waals surface area contributed by atoms with Crippen molar-refractivity contribution in [1.82, 2.24) is 9.55 Å². The minimum atomic E-state index is -4.23. The molecule has 11 heteroatoms. The summed E-state index contributed by atoms with van der Waals surface area (Å²) >= 11 is 0. The summed E-state index contributed by atoms with van der Waals surface area (Å²) in [6, 6.07) is 3.93. The fourth-order valence-corrected chi connectivity index (χ4v) is 4.94. The zero-order valence-corrected chi connectivity index (χ0v) is 16.8. The molecule has 10 nitrogen and oxygen atoms in total. The number of hydrogen-bond acceptors (Lipinski definition) is 6. The van der Waals surface area contributed by atoms with Crippen molar-refractivity contribution < 1.29 is 13.3 Å². The van der Waals surface area contributed by atoms with Crippen molar-refractivity contribution in [2.75, 3.05) is 10.8 Å². The topological polar surface area (TPSA) is 135 Å². The lowest BCUT2D eigenvalue weighted by atomic mass is 10.1. The van der Waals surface area contributed by atoms with Crippen LogP contribution in [0.2, 0.25) is 0 Å². The summed E-state index contributed by atoms with van der Waals surface area (Å²) in [5.74, 6) is 0. The molecule has 0 saturated heterocycles. The molecule has 0 aliphatic carbocycles. The fraction of sp³-hybridized carbons (Fsp3) is 0.444. The summed E-state index contributed by atoms with van der Waals surface area (Å²) in [6.45, 7) is 2.42. The molecule has 29 heavy (non-hydrogen) atoms. The molecule has 0 radical (unpaired) electrons. The second-order valence-corrected chi connectivity index (χ2v) is 8.73. The van der Waals surface area contributed by atoms with E-state index in [2.05, 4.69) is 11.9 Å². The number of fused-ring (bicyclic) bond motifs is 1. The third-order valence-corrected chi connectivity index (χ3v) is 6.73. The first kappa shape index (κ1) is 20.8. The van der Waals surface area contributed by atoms with E-state index >= 15 is 0 Å². The Bertz CT molecular complexity index is 1150. The molecule has 1 aromatic carbocycles. The number of aryl methyl sites for hydroxylation is 1. The van der Waals surface area contributed by atoms with Gasteiger partial charge in [-0.25, -0.2) is 13.2 Å². The Morgan fingerprint density at radius 3 is 2.66 bits per heavy atom. The van der Waals surface area contributed by atoms with Crippen molar-refractivity contribution >= 4 is 21.4 Å². The molecule has 156 valence electrons. The number of nitro groups is 1. The highest BCUT2D eigenvalue weighted by molar-refractivity contribution is 7.92. The Hall–Kier alpha value is -2.95. The molecule has 0 fully saturated rings. The third-order valence-electron chi connectivity index (χ3n) is 4.93. The van der Waals surface area contributed by atoms with Crippen LogP contribution in [0.3, 0.4) is 0 Å². The molecule has 0 bridgehead atoms. The van der Waals surface area contributed by atoms with Crippen LogP contribution in [0, 0.1) is 10.1 Å². The van der Waals surface area contributed by atoms with Crippen LogP contribution in [0.25, 0.3) is 0 Å². The van der Waals surface area contributed by atoms with Gasteiger partial charge in [-0.3, -0.25) is 28.8 Å². The minimum Gasteiger partial charge on any atom is -0.299 e. The van der Waals surface area contributed by atoms with E-state index < -0.39 is 31.1 Å². The van der Waals surface area contributed by atoms with Gasteiger partial charge in [0.15, 0.2) is 4.90 Å². The molecule has 0 saturated carbocycles. The van der Waals surface area contributed by atoms with Crippen LogP contribution in [0.15, 0.2) is 38.9 Å². The van der Waals surface area contributed by atoms with E-state index in [4.69, 9.17) is 0 Å². The van der Waals surface area contributed by atoms with Crippen LogP contribution in [0.1, 0.15) is 38.2 Å². The minimum absolute atomic E-state index is 0.0634. The normalized spacial score (nSPS) is 13.5. The molecule has 1 aliphatic heterocycles. The number of rotatable bonds is 8. The number of H-pyrrole nitrogens is 1. The van der Waals surface area contributed by atoms with Gasteiger partial charge in [-0.05, 0) is 24.5 Å². The molecule has 0 amide bonds. The summed E-state index contributed by atoms with van der Waals surface area (Å²) < 4.78 is 28.5. The number of non-ortho nitro benzene ring substituents is 1. The number of nitro benzene ring substituents is 1. The number of hydrogen-bond donors (Lipinski definition) is 1. The molecule has 0 spiro atoms. The molecule has 1 aromatic heterocycles. The Balaban J connectivity index is 1.96. The lowest BCUT2D eigenvalue weighted by Gasteiger charge is -2.19. The van der Waals surface area contributed by atoms with Crippen molar-refractivity contribution in [2.24, 2.45) is 0 Å². The van der Waals surface area contributed by atoms with E-state index in [0.717, 1.165) is 29.8 Å². The van der Waals surface area contributed by atoms with Crippen molar-refractivity contribution in [2.45, 2.75) is 50.5 Å². The van der Waals surface area contributed by atoms with E-state index in [9.17, 15) is 28.1 Å². The van der Waals surface area contributed by atoms with Crippen LogP contribution in [-0.2, 0) is 23.0 Å². The molecule has 1 aliphatic rings. The van der Waals surface area contributed by atoms with Crippen molar-refractivity contribution in [3.63, 3.8) is 0 Å². The van der Waals surface area contributed by atoms with E-state index in [1.54, 1.807) is 0 Å². The van der Waals surface area contributed by atoms with E-state index in [1.165, 1.54) is 22.8 Å². The van der Waals surface area contributed by atoms with Crippen molar-refractivity contribution in [3.8, 4) is 0 Å². The summed E-state index contributed by atoms with van der Waals surface area (Å²) in [5.41, 5.74) is -0.928. The highest BCUT2D eigenvalue weighted by atomic mass is 32.2. The average molecular weight is 422 g/mol. The lowest BCUT2D eigenvalue weighted by Crippen LogP contribution is -2.38. The number of anilines is 1. The predicted octanol–water partition coefficient (Wildman–Crippen LogP) is 1.78. The number of unbranched alkanes of at least 4 members (excludes halogenated alkanes) is 3. The van der Waals surface area contributed by atoms with Gasteiger partial charge in [0.05, 0.1) is 10.6 Å². The Labute approximate surface area is 167 Å². The van der Waals surface area contributed by atoms with Crippen molar-refractivity contribution in [1.29, 1.82) is 0 Å². The van der Waals surface area contributed by atoms with E-state index in [-0.39, 0.29) is 12.2 Å². The first-order valence-corrected chi connectivity index (χ1v) is 10.8. The SMILES string of the molecule is CCCCCCn1cc(S(=O)(=O)N2CCc3cc([N+](=O)[O-])ccc32)c(=O)[nH]c1=O. The molecule has 2 aromatic rings. The summed E-state index contributed by atoms with van der Waals surface area (Å²) in [4.78, 5) is 36.3. The van der Waals surface area contributed by atoms with Crippen molar-refractivity contribution in [3.05, 3.63) is 60.9 Å².